The molecule has 2 aromatic rings. The third-order valence-corrected chi connectivity index (χ3v) is 3.87. The Bertz CT molecular complexity index is 498. The number of pyridine rings is 1. The lowest BCUT2D eigenvalue weighted by Crippen LogP contribution is -2.22. The van der Waals surface area contributed by atoms with Gasteiger partial charge in [-0.1, -0.05) is 0 Å². The molecular formula is C15H21N3OS. The van der Waals surface area contributed by atoms with E-state index in [-0.39, 0.29) is 6.61 Å². The molecule has 0 aliphatic rings. The van der Waals surface area contributed by atoms with Crippen LogP contribution in [0.1, 0.15) is 12.5 Å². The molecule has 1 atom stereocenters. The summed E-state index contributed by atoms with van der Waals surface area (Å²) >= 11 is 1.73. The molecule has 0 aromatic carbocycles. The van der Waals surface area contributed by atoms with Gasteiger partial charge in [0.2, 0.25) is 0 Å². The van der Waals surface area contributed by atoms with Crippen molar-refractivity contribution < 1.29 is 5.11 Å². The topological polar surface area (TPSA) is 48.4 Å². The van der Waals surface area contributed by atoms with Gasteiger partial charge in [0.15, 0.2) is 0 Å². The minimum Gasteiger partial charge on any atom is -0.395 e. The van der Waals surface area contributed by atoms with Gasteiger partial charge in [0.25, 0.3) is 0 Å². The largest absolute Gasteiger partial charge is 0.395 e. The molecule has 0 radical (unpaired) electrons. The number of aliphatic hydroxyl groups is 1. The number of anilines is 2. The third kappa shape index (κ3) is 4.21. The van der Waals surface area contributed by atoms with Crippen molar-refractivity contribution in [2.75, 3.05) is 30.4 Å². The van der Waals surface area contributed by atoms with Gasteiger partial charge in [0, 0.05) is 19.6 Å². The number of likely N-dealkylation sites (N-methyl/N-ethyl adjacent to an activating group) is 1. The van der Waals surface area contributed by atoms with Crippen molar-refractivity contribution in [3.63, 3.8) is 0 Å². The van der Waals surface area contributed by atoms with Crippen LogP contribution in [-0.4, -0.2) is 36.3 Å². The van der Waals surface area contributed by atoms with Crippen LogP contribution in [0, 0.1) is 0 Å². The van der Waals surface area contributed by atoms with Crippen LogP contribution in [0.25, 0.3) is 0 Å². The zero-order valence-corrected chi connectivity index (χ0v) is 12.7. The van der Waals surface area contributed by atoms with E-state index in [1.165, 1.54) is 5.56 Å². The summed E-state index contributed by atoms with van der Waals surface area (Å²) in [6.07, 6.45) is 2.83. The van der Waals surface area contributed by atoms with Gasteiger partial charge in [-0.25, -0.2) is 4.98 Å². The van der Waals surface area contributed by atoms with E-state index in [2.05, 4.69) is 34.1 Å². The first kappa shape index (κ1) is 14.8. The van der Waals surface area contributed by atoms with Crippen molar-refractivity contribution in [2.45, 2.75) is 19.4 Å². The lowest BCUT2D eigenvalue weighted by molar-refractivity contribution is 0.304. The molecule has 2 N–H and O–H groups in total. The fourth-order valence-corrected chi connectivity index (χ4v) is 2.72. The van der Waals surface area contributed by atoms with Crippen molar-refractivity contribution in [3.8, 4) is 0 Å². The van der Waals surface area contributed by atoms with E-state index in [1.54, 1.807) is 11.3 Å². The second kappa shape index (κ2) is 7.26. The van der Waals surface area contributed by atoms with Crippen LogP contribution >= 0.6 is 11.3 Å². The Kier molecular flexibility index (Phi) is 5.38. The van der Waals surface area contributed by atoms with Crippen LogP contribution < -0.4 is 10.2 Å². The second-order valence-corrected chi connectivity index (χ2v) is 5.71. The lowest BCUT2D eigenvalue weighted by Gasteiger charge is -2.18. The van der Waals surface area contributed by atoms with Gasteiger partial charge in [-0.2, -0.15) is 11.3 Å². The average molecular weight is 291 g/mol. The summed E-state index contributed by atoms with van der Waals surface area (Å²) in [6.45, 7) is 2.92. The summed E-state index contributed by atoms with van der Waals surface area (Å²) < 4.78 is 0. The zero-order chi connectivity index (χ0) is 14.4. The van der Waals surface area contributed by atoms with Gasteiger partial charge in [-0.15, -0.1) is 0 Å². The number of thiophene rings is 1. The number of nitrogens with zero attached hydrogens (tertiary/aromatic N) is 2. The highest BCUT2D eigenvalue weighted by atomic mass is 32.1. The summed E-state index contributed by atoms with van der Waals surface area (Å²) in [7, 11) is 1.94. The van der Waals surface area contributed by atoms with Crippen molar-refractivity contribution in [3.05, 3.63) is 40.7 Å². The van der Waals surface area contributed by atoms with Crippen LogP contribution in [0.2, 0.25) is 0 Å². The SMILES string of the molecule is CC(Cc1ccsc1)Nc1ccc(N(C)CCO)cn1. The highest BCUT2D eigenvalue weighted by molar-refractivity contribution is 7.07. The van der Waals surface area contributed by atoms with E-state index in [0.717, 1.165) is 17.9 Å². The fraction of sp³-hybridized carbons (Fsp3) is 0.400. The molecule has 0 aliphatic heterocycles. The third-order valence-electron chi connectivity index (χ3n) is 3.14. The molecule has 0 amide bonds. The number of hydrogen-bond acceptors (Lipinski definition) is 5. The zero-order valence-electron chi connectivity index (χ0n) is 11.9. The molecule has 0 aliphatic carbocycles. The lowest BCUT2D eigenvalue weighted by atomic mass is 10.1. The van der Waals surface area contributed by atoms with E-state index >= 15 is 0 Å². The smallest absolute Gasteiger partial charge is 0.126 e. The molecule has 0 saturated carbocycles. The summed E-state index contributed by atoms with van der Waals surface area (Å²) in [5.41, 5.74) is 2.37. The molecule has 4 nitrogen and oxygen atoms in total. The maximum atomic E-state index is 8.92. The van der Waals surface area contributed by atoms with Crippen LogP contribution in [0.5, 0.6) is 0 Å². The molecular weight excluding hydrogens is 270 g/mol. The van der Waals surface area contributed by atoms with Gasteiger partial charge >= 0.3 is 0 Å². The number of hydrogen-bond donors (Lipinski definition) is 2. The van der Waals surface area contributed by atoms with Gasteiger partial charge in [-0.05, 0) is 47.9 Å². The minimum atomic E-state index is 0.147. The second-order valence-electron chi connectivity index (χ2n) is 4.93. The molecule has 20 heavy (non-hydrogen) atoms. The van der Waals surface area contributed by atoms with Gasteiger partial charge in [0.1, 0.15) is 5.82 Å². The Morgan fingerprint density at radius 1 is 1.40 bits per heavy atom. The molecule has 2 aromatic heterocycles. The first-order chi connectivity index (χ1) is 9.69. The highest BCUT2D eigenvalue weighted by Gasteiger charge is 2.06. The number of rotatable bonds is 7. The molecule has 1 unspecified atom stereocenters. The van der Waals surface area contributed by atoms with E-state index in [9.17, 15) is 0 Å². The van der Waals surface area contributed by atoms with Crippen molar-refractivity contribution >= 4 is 22.8 Å². The highest BCUT2D eigenvalue weighted by Crippen LogP contribution is 2.15. The molecule has 2 rings (SSSR count). The molecule has 0 bridgehead atoms. The van der Waals surface area contributed by atoms with Crippen LogP contribution in [0.15, 0.2) is 35.2 Å². The molecule has 108 valence electrons. The summed E-state index contributed by atoms with van der Waals surface area (Å²) in [6, 6.07) is 6.50. The quantitative estimate of drug-likeness (QED) is 0.823. The Hall–Kier alpha value is -1.59. The molecule has 0 fully saturated rings. The Morgan fingerprint density at radius 3 is 2.85 bits per heavy atom. The maximum Gasteiger partial charge on any atom is 0.126 e. The van der Waals surface area contributed by atoms with Crippen LogP contribution in [-0.2, 0) is 6.42 Å². The van der Waals surface area contributed by atoms with E-state index in [0.29, 0.717) is 12.6 Å². The first-order valence-electron chi connectivity index (χ1n) is 6.74. The van der Waals surface area contributed by atoms with Crippen molar-refractivity contribution in [1.29, 1.82) is 0 Å². The van der Waals surface area contributed by atoms with Crippen LogP contribution in [0.3, 0.4) is 0 Å². The maximum absolute atomic E-state index is 8.92. The Labute approximate surface area is 124 Å². The number of aromatic nitrogens is 1. The fourth-order valence-electron chi connectivity index (χ4n) is 2.04. The molecule has 5 heteroatoms. The van der Waals surface area contributed by atoms with Gasteiger partial charge < -0.3 is 15.3 Å². The van der Waals surface area contributed by atoms with E-state index in [4.69, 9.17) is 5.11 Å². The van der Waals surface area contributed by atoms with E-state index < -0.39 is 0 Å². The minimum absolute atomic E-state index is 0.147. The van der Waals surface area contributed by atoms with Crippen molar-refractivity contribution in [2.24, 2.45) is 0 Å². The monoisotopic (exact) mass is 291 g/mol. The Morgan fingerprint density at radius 2 is 2.25 bits per heavy atom. The number of aliphatic hydroxyl groups excluding tert-OH is 1. The van der Waals surface area contributed by atoms with E-state index in [1.807, 2.05) is 30.3 Å². The molecule has 0 saturated heterocycles. The van der Waals surface area contributed by atoms with Crippen molar-refractivity contribution in [1.82, 2.24) is 4.98 Å². The Balaban J connectivity index is 1.89. The van der Waals surface area contributed by atoms with Gasteiger partial charge in [0.05, 0.1) is 18.5 Å². The van der Waals surface area contributed by atoms with Gasteiger partial charge in [-0.3, -0.25) is 0 Å². The summed E-state index contributed by atoms with van der Waals surface area (Å²) in [5.74, 6) is 0.883. The predicted molar refractivity (Wildman–Crippen MR) is 85.7 cm³/mol. The standard InChI is InChI=1S/C15H21N3OS/c1-12(9-13-5-8-20-11-13)17-15-4-3-14(10-16-15)18(2)6-7-19/h3-5,8,10-12,19H,6-7,9H2,1-2H3,(H,16,17). The normalized spacial score (nSPS) is 12.2. The van der Waals surface area contributed by atoms with Crippen LogP contribution in [0.4, 0.5) is 11.5 Å². The molecule has 2 heterocycles. The molecule has 0 spiro atoms. The predicted octanol–water partition coefficient (Wildman–Crippen LogP) is 2.61. The average Bonchev–Trinajstić information content (AvgIpc) is 2.92. The first-order valence-corrected chi connectivity index (χ1v) is 7.69. The summed E-state index contributed by atoms with van der Waals surface area (Å²) in [4.78, 5) is 6.40. The number of nitrogens with one attached hydrogen (secondary N) is 1. The summed E-state index contributed by atoms with van der Waals surface area (Å²) in [5, 5.41) is 16.6.